The van der Waals surface area contributed by atoms with Gasteiger partial charge < -0.3 is 0 Å². The molecule has 2 heterocycles. The Bertz CT molecular complexity index is 918. The molecule has 0 saturated heterocycles. The number of fused-ring (bicyclic) bond motifs is 1. The first-order chi connectivity index (χ1) is 9.58. The summed E-state index contributed by atoms with van der Waals surface area (Å²) in [4.78, 5) is 12.0. The fourth-order valence-corrected chi connectivity index (χ4v) is 3.74. The molecule has 98 valence electrons. The molecule has 0 spiro atoms. The van der Waals surface area contributed by atoms with Gasteiger partial charge in [0, 0.05) is 0 Å². The maximum absolute atomic E-state index is 12.0. The van der Waals surface area contributed by atoms with Crippen molar-refractivity contribution in [2.24, 2.45) is 0 Å². The molecule has 0 aliphatic carbocycles. The second-order valence-electron chi connectivity index (χ2n) is 4.17. The number of nitrogens with zero attached hydrogens (tertiary/aromatic N) is 1. The van der Waals surface area contributed by atoms with E-state index in [2.05, 4.69) is 0 Å². The molecule has 3 N–H and O–H groups in total. The van der Waals surface area contributed by atoms with E-state index in [9.17, 15) is 9.90 Å². The van der Waals surface area contributed by atoms with Gasteiger partial charge in [0.25, 0.3) is 0 Å². The van der Waals surface area contributed by atoms with Gasteiger partial charge >= 0.3 is 119 Å². The molecule has 1 aromatic carbocycles. The fourth-order valence-electron chi connectivity index (χ4n) is 1.90. The van der Waals surface area contributed by atoms with Gasteiger partial charge in [0.1, 0.15) is 0 Å². The monoisotopic (exact) mass is 332 g/mol. The van der Waals surface area contributed by atoms with Crippen LogP contribution in [0.3, 0.4) is 0 Å². The molecule has 0 radical (unpaired) electrons. The number of aromatic hydroxyl groups is 1. The van der Waals surface area contributed by atoms with E-state index in [4.69, 9.17) is 15.4 Å². The van der Waals surface area contributed by atoms with Gasteiger partial charge in [-0.25, -0.2) is 0 Å². The Morgan fingerprint density at radius 3 is 2.80 bits per heavy atom. The molecular weight excluding hydrogens is 323 g/mol. The van der Waals surface area contributed by atoms with Crippen molar-refractivity contribution in [2.75, 3.05) is 5.73 Å². The van der Waals surface area contributed by atoms with Crippen LogP contribution in [0, 0.1) is 11.3 Å². The Labute approximate surface area is 119 Å². The SMILES string of the molecule is N#Cc1cc(-c2cc3ccc(O)cc3oc2=O)[se]c1N. The predicted molar refractivity (Wildman–Crippen MR) is 75.7 cm³/mol. The van der Waals surface area contributed by atoms with Gasteiger partial charge in [-0.15, -0.1) is 0 Å². The molecule has 0 fully saturated rings. The van der Waals surface area contributed by atoms with E-state index < -0.39 is 5.63 Å². The zero-order valence-corrected chi connectivity index (χ0v) is 11.8. The number of rotatable bonds is 1. The zero-order valence-electron chi connectivity index (χ0n) is 10.1. The summed E-state index contributed by atoms with van der Waals surface area (Å²) >= 11 is -0.246. The van der Waals surface area contributed by atoms with Gasteiger partial charge in [0.15, 0.2) is 0 Å². The first-order valence-corrected chi connectivity index (χ1v) is 7.36. The van der Waals surface area contributed by atoms with E-state index in [1.54, 1.807) is 18.2 Å². The van der Waals surface area contributed by atoms with Gasteiger partial charge in [-0.1, -0.05) is 0 Å². The molecule has 0 bridgehead atoms. The van der Waals surface area contributed by atoms with Crippen LogP contribution in [0.15, 0.2) is 39.5 Å². The average Bonchev–Trinajstić information content (AvgIpc) is 2.79. The number of hydrogen-bond acceptors (Lipinski definition) is 5. The topological polar surface area (TPSA) is 100 Å². The Morgan fingerprint density at radius 2 is 2.10 bits per heavy atom. The molecule has 2 aromatic heterocycles. The van der Waals surface area contributed by atoms with Crippen molar-refractivity contribution in [3.8, 4) is 21.8 Å². The van der Waals surface area contributed by atoms with Crippen LogP contribution in [0.4, 0.5) is 4.56 Å². The molecule has 0 unspecified atom stereocenters. The van der Waals surface area contributed by atoms with Crippen molar-refractivity contribution in [2.45, 2.75) is 0 Å². The Kier molecular flexibility index (Phi) is 2.86. The fraction of sp³-hybridized carbons (Fsp3) is 0. The molecule has 20 heavy (non-hydrogen) atoms. The third-order valence-corrected chi connectivity index (χ3v) is 4.96. The van der Waals surface area contributed by atoms with Crippen molar-refractivity contribution in [1.82, 2.24) is 0 Å². The third-order valence-electron chi connectivity index (χ3n) is 2.87. The Morgan fingerprint density at radius 1 is 1.30 bits per heavy atom. The number of anilines is 1. The zero-order chi connectivity index (χ0) is 14.3. The van der Waals surface area contributed by atoms with Crippen molar-refractivity contribution < 1.29 is 9.52 Å². The van der Waals surface area contributed by atoms with Crippen LogP contribution in [-0.2, 0) is 0 Å². The maximum atomic E-state index is 12.0. The first kappa shape index (κ1) is 12.5. The molecule has 6 heteroatoms. The number of hydrogen-bond donors (Lipinski definition) is 2. The van der Waals surface area contributed by atoms with Crippen LogP contribution in [0.25, 0.3) is 21.0 Å². The quantitative estimate of drug-likeness (QED) is 0.522. The molecule has 0 atom stereocenters. The summed E-state index contributed by atoms with van der Waals surface area (Å²) in [5.41, 5.74) is 6.42. The second-order valence-corrected chi connectivity index (χ2v) is 6.44. The molecule has 0 saturated carbocycles. The molecule has 0 aliphatic heterocycles. The van der Waals surface area contributed by atoms with Crippen LogP contribution in [0.1, 0.15) is 5.56 Å². The molecule has 0 amide bonds. The van der Waals surface area contributed by atoms with Gasteiger partial charge in [0.2, 0.25) is 0 Å². The van der Waals surface area contributed by atoms with Crippen molar-refractivity contribution in [1.29, 1.82) is 5.26 Å². The summed E-state index contributed by atoms with van der Waals surface area (Å²) in [7, 11) is 0. The third kappa shape index (κ3) is 1.99. The van der Waals surface area contributed by atoms with Crippen LogP contribution in [-0.4, -0.2) is 19.6 Å². The normalized spacial score (nSPS) is 10.6. The molecule has 5 nitrogen and oxygen atoms in total. The summed E-state index contributed by atoms with van der Waals surface area (Å²) < 4.78 is 6.45. The van der Waals surface area contributed by atoms with Gasteiger partial charge in [0.05, 0.1) is 0 Å². The van der Waals surface area contributed by atoms with E-state index in [1.165, 1.54) is 12.1 Å². The van der Waals surface area contributed by atoms with Crippen LogP contribution < -0.4 is 11.4 Å². The second kappa shape index (κ2) is 4.57. The summed E-state index contributed by atoms with van der Waals surface area (Å²) in [6.45, 7) is 0. The van der Waals surface area contributed by atoms with E-state index in [0.717, 1.165) is 4.44 Å². The summed E-state index contributed by atoms with van der Waals surface area (Å²) in [6.07, 6.45) is 0. The summed E-state index contributed by atoms with van der Waals surface area (Å²) in [5.74, 6) is 0.0374. The van der Waals surface area contributed by atoms with E-state index >= 15 is 0 Å². The number of nitrogens with two attached hydrogens (primary N) is 1. The Hall–Kier alpha value is -2.48. The number of nitrogen functional groups attached to an aromatic ring is 1. The van der Waals surface area contributed by atoms with Crippen molar-refractivity contribution in [3.05, 3.63) is 46.3 Å². The molecule has 3 aromatic rings. The van der Waals surface area contributed by atoms with E-state index in [1.807, 2.05) is 6.07 Å². The summed E-state index contributed by atoms with van der Waals surface area (Å²) in [6, 6.07) is 9.92. The van der Waals surface area contributed by atoms with Crippen LogP contribution >= 0.6 is 0 Å². The molecular formula is C14H8N2O3Se. The number of phenols is 1. The predicted octanol–water partition coefficient (Wildman–Crippen LogP) is 1.68. The van der Waals surface area contributed by atoms with Gasteiger partial charge in [-0.05, 0) is 0 Å². The summed E-state index contributed by atoms with van der Waals surface area (Å²) in [5, 5.41) is 19.0. The molecule has 3 rings (SSSR count). The Balaban J connectivity index is 2.26. The average molecular weight is 331 g/mol. The van der Waals surface area contributed by atoms with E-state index in [-0.39, 0.29) is 20.3 Å². The number of benzene rings is 1. The number of nitriles is 1. The van der Waals surface area contributed by atoms with Crippen LogP contribution in [0.5, 0.6) is 5.75 Å². The van der Waals surface area contributed by atoms with E-state index in [0.29, 0.717) is 26.7 Å². The standard InChI is InChI=1S/C14H8N2O3Se/c15-6-8-4-12(20-13(8)16)10-3-7-1-2-9(17)5-11(7)19-14(10)18/h1-5,17H,16H2. The van der Waals surface area contributed by atoms with Crippen molar-refractivity contribution in [3.63, 3.8) is 0 Å². The van der Waals surface area contributed by atoms with Gasteiger partial charge in [-0.2, -0.15) is 0 Å². The molecule has 0 aliphatic rings. The van der Waals surface area contributed by atoms with Crippen molar-refractivity contribution >= 4 is 30.0 Å². The van der Waals surface area contributed by atoms with Gasteiger partial charge in [-0.3, -0.25) is 0 Å². The minimum absolute atomic E-state index is 0.0374. The van der Waals surface area contributed by atoms with Crippen LogP contribution in [0.2, 0.25) is 0 Å². The first-order valence-electron chi connectivity index (χ1n) is 5.65. The minimum atomic E-state index is -0.497. The number of phenolic OH excluding ortho intramolecular Hbond substituents is 1.